The van der Waals surface area contributed by atoms with Crippen molar-refractivity contribution in [2.24, 2.45) is 0 Å². The number of hydrogen-bond acceptors (Lipinski definition) is 6. The van der Waals surface area contributed by atoms with Crippen LogP contribution < -0.4 is 13.8 Å². The fourth-order valence-electron chi connectivity index (χ4n) is 2.99. The van der Waals surface area contributed by atoms with Gasteiger partial charge in [0.15, 0.2) is 11.5 Å². The molecule has 0 heterocycles. The van der Waals surface area contributed by atoms with Crippen molar-refractivity contribution in [2.75, 3.05) is 37.4 Å². The van der Waals surface area contributed by atoms with Gasteiger partial charge in [-0.25, -0.2) is 13.2 Å². The number of anilines is 1. The van der Waals surface area contributed by atoms with E-state index in [-0.39, 0.29) is 12.4 Å². The monoisotopic (exact) mass is 491 g/mol. The number of nitrogens with zero attached hydrogens (tertiary/aromatic N) is 1. The Balaban J connectivity index is 2.11. The normalized spacial score (nSPS) is 11.7. The Morgan fingerprint density at radius 1 is 1.03 bits per heavy atom. The van der Waals surface area contributed by atoms with E-state index < -0.39 is 16.0 Å². The number of carboxylic acid groups (broad SMARTS) is 1. The minimum Gasteiger partial charge on any atom is -0.490 e. The first-order valence-electron chi connectivity index (χ1n) is 11.2. The van der Waals surface area contributed by atoms with Crippen molar-refractivity contribution < 1.29 is 32.5 Å². The van der Waals surface area contributed by atoms with Gasteiger partial charge in [0.05, 0.1) is 31.8 Å². The molecule has 1 N–H and O–H groups in total. The Hall–Kier alpha value is -3.20. The summed E-state index contributed by atoms with van der Waals surface area (Å²) in [4.78, 5) is 11.4. The SMILES string of the molecule is CCCCOc1cc(/C=C(\OCC)C(=O)O)ccc1OCCc1ccc(N(C)S(C)(=O)=O)cc1. The van der Waals surface area contributed by atoms with Gasteiger partial charge in [0, 0.05) is 13.5 Å². The van der Waals surface area contributed by atoms with Crippen LogP contribution in [0.2, 0.25) is 0 Å². The van der Waals surface area contributed by atoms with E-state index in [4.69, 9.17) is 14.2 Å². The number of rotatable bonds is 14. The second-order valence-corrected chi connectivity index (χ2v) is 9.66. The summed E-state index contributed by atoms with van der Waals surface area (Å²) in [5.41, 5.74) is 2.23. The first-order valence-corrected chi connectivity index (χ1v) is 13.0. The first kappa shape index (κ1) is 27.0. The predicted octanol–water partition coefficient (Wildman–Crippen LogP) is 4.34. The number of carboxylic acids is 1. The van der Waals surface area contributed by atoms with E-state index in [2.05, 4.69) is 6.92 Å². The van der Waals surface area contributed by atoms with Crippen LogP contribution in [-0.2, 0) is 26.0 Å². The molecule has 2 aromatic rings. The summed E-state index contributed by atoms with van der Waals surface area (Å²) < 4.78 is 41.6. The van der Waals surface area contributed by atoms with E-state index in [1.54, 1.807) is 37.3 Å². The highest BCUT2D eigenvalue weighted by Gasteiger charge is 2.13. The van der Waals surface area contributed by atoms with Crippen LogP contribution in [0.5, 0.6) is 11.5 Å². The lowest BCUT2D eigenvalue weighted by atomic mass is 10.1. The van der Waals surface area contributed by atoms with Crippen LogP contribution in [0.15, 0.2) is 48.2 Å². The van der Waals surface area contributed by atoms with Gasteiger partial charge < -0.3 is 19.3 Å². The molecule has 0 aromatic heterocycles. The molecule has 0 aliphatic carbocycles. The lowest BCUT2D eigenvalue weighted by Crippen LogP contribution is -2.24. The van der Waals surface area contributed by atoms with Gasteiger partial charge in [0.25, 0.3) is 0 Å². The lowest BCUT2D eigenvalue weighted by molar-refractivity contribution is -0.136. The summed E-state index contributed by atoms with van der Waals surface area (Å²) in [7, 11) is -1.79. The van der Waals surface area contributed by atoms with Crippen molar-refractivity contribution in [1.82, 2.24) is 0 Å². The third kappa shape index (κ3) is 8.30. The van der Waals surface area contributed by atoms with Crippen molar-refractivity contribution in [2.45, 2.75) is 33.1 Å². The van der Waals surface area contributed by atoms with Crippen molar-refractivity contribution in [1.29, 1.82) is 0 Å². The zero-order valence-electron chi connectivity index (χ0n) is 20.1. The maximum atomic E-state index is 11.7. The molecular formula is C25H33NO7S. The number of ether oxygens (including phenoxy) is 3. The summed E-state index contributed by atoms with van der Waals surface area (Å²) >= 11 is 0. The zero-order chi connectivity index (χ0) is 25.1. The van der Waals surface area contributed by atoms with Crippen LogP contribution in [0.25, 0.3) is 6.08 Å². The third-order valence-electron chi connectivity index (χ3n) is 4.98. The maximum Gasteiger partial charge on any atom is 0.371 e. The molecule has 0 saturated carbocycles. The number of benzene rings is 2. The van der Waals surface area contributed by atoms with Gasteiger partial charge in [-0.05, 0) is 54.8 Å². The Morgan fingerprint density at radius 2 is 1.71 bits per heavy atom. The average molecular weight is 492 g/mol. The maximum absolute atomic E-state index is 11.7. The molecule has 34 heavy (non-hydrogen) atoms. The molecular weight excluding hydrogens is 458 g/mol. The molecule has 0 amide bonds. The minimum absolute atomic E-state index is 0.138. The van der Waals surface area contributed by atoms with Crippen molar-refractivity contribution in [3.05, 3.63) is 59.4 Å². The molecule has 0 spiro atoms. The molecule has 0 atom stereocenters. The van der Waals surface area contributed by atoms with Crippen LogP contribution in [-0.4, -0.2) is 52.6 Å². The van der Waals surface area contributed by atoms with Crippen LogP contribution in [0, 0.1) is 0 Å². The lowest BCUT2D eigenvalue weighted by Gasteiger charge is -2.17. The van der Waals surface area contributed by atoms with E-state index in [0.717, 1.165) is 24.7 Å². The summed E-state index contributed by atoms with van der Waals surface area (Å²) in [6.07, 6.45) is 5.10. The molecule has 2 aromatic carbocycles. The topological polar surface area (TPSA) is 102 Å². The molecule has 0 aliphatic heterocycles. The van der Waals surface area contributed by atoms with Gasteiger partial charge >= 0.3 is 5.97 Å². The Bertz CT molecular complexity index is 1080. The fourth-order valence-corrected chi connectivity index (χ4v) is 3.49. The molecule has 8 nitrogen and oxygen atoms in total. The van der Waals surface area contributed by atoms with Crippen LogP contribution in [0.1, 0.15) is 37.8 Å². The van der Waals surface area contributed by atoms with E-state index in [1.807, 2.05) is 12.1 Å². The highest BCUT2D eigenvalue weighted by atomic mass is 32.2. The Morgan fingerprint density at radius 3 is 2.29 bits per heavy atom. The highest BCUT2D eigenvalue weighted by Crippen LogP contribution is 2.30. The number of unbranched alkanes of at least 4 members (excludes halogenated alkanes) is 1. The van der Waals surface area contributed by atoms with Gasteiger partial charge in [-0.1, -0.05) is 31.5 Å². The van der Waals surface area contributed by atoms with Crippen LogP contribution in [0.4, 0.5) is 5.69 Å². The summed E-state index contributed by atoms with van der Waals surface area (Å²) in [5, 5.41) is 9.29. The molecule has 0 saturated heterocycles. The second kappa shape index (κ2) is 12.9. The van der Waals surface area contributed by atoms with Gasteiger partial charge in [-0.15, -0.1) is 0 Å². The average Bonchev–Trinajstić information content (AvgIpc) is 2.79. The largest absolute Gasteiger partial charge is 0.490 e. The highest BCUT2D eigenvalue weighted by molar-refractivity contribution is 7.92. The minimum atomic E-state index is -3.31. The number of carbonyl (C=O) groups is 1. The molecule has 0 fully saturated rings. The van der Waals surface area contributed by atoms with E-state index in [9.17, 15) is 18.3 Å². The Labute approximate surface area is 201 Å². The van der Waals surface area contributed by atoms with E-state index in [1.165, 1.54) is 17.4 Å². The second-order valence-electron chi connectivity index (χ2n) is 7.65. The van der Waals surface area contributed by atoms with Crippen molar-refractivity contribution in [3.63, 3.8) is 0 Å². The van der Waals surface area contributed by atoms with E-state index in [0.29, 0.717) is 42.4 Å². The number of sulfonamides is 1. The molecule has 0 unspecified atom stereocenters. The molecule has 9 heteroatoms. The Kier molecular flexibility index (Phi) is 10.2. The smallest absolute Gasteiger partial charge is 0.371 e. The standard InChI is InChI=1S/C25H33NO7S/c1-5-7-15-32-23-17-20(18-24(25(27)28)31-6-2)10-13-22(23)33-16-14-19-8-11-21(12-9-19)26(3)34(4,29)30/h8-13,17-18H,5-7,14-16H2,1-4H3,(H,27,28)/b24-18-. The van der Waals surface area contributed by atoms with Crippen LogP contribution in [0.3, 0.4) is 0 Å². The van der Waals surface area contributed by atoms with E-state index >= 15 is 0 Å². The quantitative estimate of drug-likeness (QED) is 0.238. The number of aliphatic carboxylic acids is 1. The van der Waals surface area contributed by atoms with Gasteiger partial charge in [-0.2, -0.15) is 0 Å². The fraction of sp³-hybridized carbons (Fsp3) is 0.400. The zero-order valence-corrected chi connectivity index (χ0v) is 20.9. The molecule has 0 bridgehead atoms. The molecule has 0 radical (unpaired) electrons. The van der Waals surface area contributed by atoms with Gasteiger partial charge in [0.1, 0.15) is 0 Å². The van der Waals surface area contributed by atoms with Crippen molar-refractivity contribution >= 4 is 27.8 Å². The van der Waals surface area contributed by atoms with Crippen LogP contribution >= 0.6 is 0 Å². The molecule has 186 valence electrons. The van der Waals surface area contributed by atoms with Gasteiger partial charge in [0.2, 0.25) is 15.8 Å². The summed E-state index contributed by atoms with van der Waals surface area (Å²) in [6.45, 7) is 4.96. The van der Waals surface area contributed by atoms with Gasteiger partial charge in [-0.3, -0.25) is 4.31 Å². The molecule has 2 rings (SSSR count). The summed E-state index contributed by atoms with van der Waals surface area (Å²) in [6, 6.07) is 12.5. The predicted molar refractivity (Wildman–Crippen MR) is 133 cm³/mol. The molecule has 0 aliphatic rings. The number of hydrogen-bond donors (Lipinski definition) is 1. The van der Waals surface area contributed by atoms with Crippen molar-refractivity contribution in [3.8, 4) is 11.5 Å². The first-order chi connectivity index (χ1) is 16.2. The third-order valence-corrected chi connectivity index (χ3v) is 6.18. The summed E-state index contributed by atoms with van der Waals surface area (Å²) in [5.74, 6) is -0.173.